The van der Waals surface area contributed by atoms with E-state index in [0.717, 1.165) is 17.5 Å². The highest BCUT2D eigenvalue weighted by Crippen LogP contribution is 2.28. The van der Waals surface area contributed by atoms with Gasteiger partial charge in [-0.3, -0.25) is 4.79 Å². The van der Waals surface area contributed by atoms with Gasteiger partial charge in [-0.05, 0) is 30.8 Å². The first-order valence-corrected chi connectivity index (χ1v) is 8.04. The molecule has 0 saturated heterocycles. The topological polar surface area (TPSA) is 79.9 Å². The fraction of sp³-hybridized carbons (Fsp3) is 0.471. The lowest BCUT2D eigenvalue weighted by Crippen LogP contribution is -2.23. The van der Waals surface area contributed by atoms with Crippen LogP contribution in [0, 0.1) is 11.8 Å². The second kappa shape index (κ2) is 6.81. The number of nitrogens with one attached hydrogen (secondary N) is 2. The maximum absolute atomic E-state index is 11.8. The number of hydrogen-bond acceptors (Lipinski definition) is 4. The number of carbonyl (C=O) groups is 1. The van der Waals surface area contributed by atoms with E-state index in [0.29, 0.717) is 30.0 Å². The van der Waals surface area contributed by atoms with E-state index in [4.69, 9.17) is 4.74 Å². The van der Waals surface area contributed by atoms with Crippen LogP contribution in [0.2, 0.25) is 0 Å². The van der Waals surface area contributed by atoms with Crippen molar-refractivity contribution in [2.24, 2.45) is 11.8 Å². The van der Waals surface area contributed by atoms with Gasteiger partial charge >= 0.3 is 0 Å². The maximum atomic E-state index is 11.8. The molecule has 1 saturated carbocycles. The average molecular weight is 314 g/mol. The van der Waals surface area contributed by atoms with Crippen LogP contribution in [0.3, 0.4) is 0 Å². The molecule has 3 rings (SSSR count). The largest absolute Gasteiger partial charge is 0.477 e. The van der Waals surface area contributed by atoms with Crippen LogP contribution in [0.4, 0.5) is 0 Å². The Morgan fingerprint density at radius 1 is 1.48 bits per heavy atom. The number of nitrogens with zero attached hydrogens (tertiary/aromatic N) is 2. The second-order valence-electron chi connectivity index (χ2n) is 6.37. The molecule has 2 aromatic rings. The van der Waals surface area contributed by atoms with Gasteiger partial charge in [0.2, 0.25) is 11.8 Å². The third-order valence-corrected chi connectivity index (χ3v) is 3.70. The Morgan fingerprint density at radius 2 is 2.30 bits per heavy atom. The Balaban J connectivity index is 1.75. The third-order valence-electron chi connectivity index (χ3n) is 3.70. The van der Waals surface area contributed by atoms with Crippen LogP contribution in [-0.4, -0.2) is 34.0 Å². The van der Waals surface area contributed by atoms with Crippen molar-refractivity contribution in [3.63, 3.8) is 0 Å². The molecule has 0 radical (unpaired) electrons. The van der Waals surface area contributed by atoms with Crippen LogP contribution in [0.1, 0.15) is 32.3 Å². The monoisotopic (exact) mass is 314 g/mol. The summed E-state index contributed by atoms with van der Waals surface area (Å²) in [5, 5.41) is 3.72. The number of aromatic amines is 1. The molecule has 1 aliphatic rings. The zero-order valence-electron chi connectivity index (χ0n) is 13.5. The van der Waals surface area contributed by atoms with Crippen molar-refractivity contribution in [3.8, 4) is 5.88 Å². The minimum Gasteiger partial charge on any atom is -0.477 e. The van der Waals surface area contributed by atoms with Crippen LogP contribution < -0.4 is 10.1 Å². The fourth-order valence-electron chi connectivity index (χ4n) is 2.24. The number of hydrogen-bond donors (Lipinski definition) is 2. The summed E-state index contributed by atoms with van der Waals surface area (Å²) in [5.41, 5.74) is 1.55. The first-order valence-electron chi connectivity index (χ1n) is 8.04. The first kappa shape index (κ1) is 15.5. The van der Waals surface area contributed by atoms with Crippen LogP contribution in [-0.2, 0) is 4.79 Å². The molecule has 0 unspecified atom stereocenters. The molecule has 122 valence electrons. The zero-order chi connectivity index (χ0) is 16.2. The van der Waals surface area contributed by atoms with Crippen molar-refractivity contribution in [1.29, 1.82) is 0 Å². The predicted molar refractivity (Wildman–Crippen MR) is 89.0 cm³/mol. The lowest BCUT2D eigenvalue weighted by atomic mass is 10.2. The molecule has 1 amide bonds. The number of H-pyrrole nitrogens is 1. The molecule has 2 heterocycles. The average Bonchev–Trinajstić information content (AvgIpc) is 3.27. The lowest BCUT2D eigenvalue weighted by Gasteiger charge is -2.08. The fourth-order valence-corrected chi connectivity index (χ4v) is 2.24. The van der Waals surface area contributed by atoms with Crippen molar-refractivity contribution >= 4 is 23.0 Å². The highest BCUT2D eigenvalue weighted by Gasteiger charge is 2.21. The standard InChI is InChI=1S/C17H22N4O2/c1-11(2)9-23-17-15-13(8-19-16(15)20-10-21-17)5-6-14(22)18-7-12-3-4-12/h5-6,8,10-12H,3-4,7,9H2,1-2H3,(H,18,22)(H,19,20,21)/b6-5+. The highest BCUT2D eigenvalue weighted by molar-refractivity contribution is 5.96. The minimum absolute atomic E-state index is 0.0762. The molecule has 23 heavy (non-hydrogen) atoms. The van der Waals surface area contributed by atoms with Crippen molar-refractivity contribution in [3.05, 3.63) is 24.2 Å². The van der Waals surface area contributed by atoms with Gasteiger partial charge in [0, 0.05) is 24.4 Å². The normalized spacial score (nSPS) is 14.7. The van der Waals surface area contributed by atoms with E-state index in [9.17, 15) is 4.79 Å². The van der Waals surface area contributed by atoms with Crippen LogP contribution in [0.5, 0.6) is 5.88 Å². The van der Waals surface area contributed by atoms with Gasteiger partial charge in [-0.25, -0.2) is 9.97 Å². The zero-order valence-corrected chi connectivity index (χ0v) is 13.5. The van der Waals surface area contributed by atoms with Crippen molar-refractivity contribution in [2.45, 2.75) is 26.7 Å². The third kappa shape index (κ3) is 4.09. The van der Waals surface area contributed by atoms with E-state index in [1.54, 1.807) is 12.2 Å². The Hall–Kier alpha value is -2.37. The van der Waals surface area contributed by atoms with Gasteiger partial charge in [0.25, 0.3) is 0 Å². The van der Waals surface area contributed by atoms with Crippen molar-refractivity contribution < 1.29 is 9.53 Å². The molecule has 0 bridgehead atoms. The molecule has 2 aromatic heterocycles. The molecule has 1 aliphatic carbocycles. The Morgan fingerprint density at radius 3 is 3.04 bits per heavy atom. The van der Waals surface area contributed by atoms with Gasteiger partial charge in [0.05, 0.1) is 12.0 Å². The number of carbonyl (C=O) groups excluding carboxylic acids is 1. The summed E-state index contributed by atoms with van der Waals surface area (Å²) in [4.78, 5) is 23.3. The van der Waals surface area contributed by atoms with Crippen molar-refractivity contribution in [2.75, 3.05) is 13.2 Å². The van der Waals surface area contributed by atoms with Crippen LogP contribution >= 0.6 is 0 Å². The quantitative estimate of drug-likeness (QED) is 0.770. The molecular weight excluding hydrogens is 292 g/mol. The van der Waals surface area contributed by atoms with E-state index in [1.807, 2.05) is 6.20 Å². The number of amides is 1. The predicted octanol–water partition coefficient (Wildman–Crippen LogP) is 2.53. The number of fused-ring (bicyclic) bond motifs is 1. The Kier molecular flexibility index (Phi) is 4.60. The summed E-state index contributed by atoms with van der Waals surface area (Å²) >= 11 is 0. The van der Waals surface area contributed by atoms with E-state index in [-0.39, 0.29) is 5.91 Å². The first-order chi connectivity index (χ1) is 11.1. The molecular formula is C17H22N4O2. The van der Waals surface area contributed by atoms with Crippen LogP contribution in [0.25, 0.3) is 17.1 Å². The highest BCUT2D eigenvalue weighted by atomic mass is 16.5. The van der Waals surface area contributed by atoms with E-state index >= 15 is 0 Å². The number of rotatable bonds is 7. The van der Waals surface area contributed by atoms with Crippen LogP contribution in [0.15, 0.2) is 18.6 Å². The van der Waals surface area contributed by atoms with E-state index in [2.05, 4.69) is 34.1 Å². The van der Waals surface area contributed by atoms with E-state index < -0.39 is 0 Å². The summed E-state index contributed by atoms with van der Waals surface area (Å²) in [6.07, 6.45) is 9.05. The lowest BCUT2D eigenvalue weighted by molar-refractivity contribution is -0.116. The summed E-state index contributed by atoms with van der Waals surface area (Å²) in [6, 6.07) is 0. The SMILES string of the molecule is CC(C)COc1ncnc2[nH]cc(/C=C/C(=O)NCC3CC3)c12. The summed E-state index contributed by atoms with van der Waals surface area (Å²) in [6.45, 7) is 5.52. The second-order valence-corrected chi connectivity index (χ2v) is 6.37. The van der Waals surface area contributed by atoms with Gasteiger partial charge in [0.1, 0.15) is 12.0 Å². The van der Waals surface area contributed by atoms with Crippen molar-refractivity contribution in [1.82, 2.24) is 20.3 Å². The molecule has 0 aromatic carbocycles. The minimum atomic E-state index is -0.0762. The Bertz CT molecular complexity index is 716. The summed E-state index contributed by atoms with van der Waals surface area (Å²) in [7, 11) is 0. The molecule has 0 spiro atoms. The molecule has 6 nitrogen and oxygen atoms in total. The van der Waals surface area contributed by atoms with Gasteiger partial charge in [-0.2, -0.15) is 0 Å². The number of ether oxygens (including phenoxy) is 1. The summed E-state index contributed by atoms with van der Waals surface area (Å²) in [5.74, 6) is 1.55. The number of aromatic nitrogens is 3. The van der Waals surface area contributed by atoms with Gasteiger partial charge in [-0.15, -0.1) is 0 Å². The summed E-state index contributed by atoms with van der Waals surface area (Å²) < 4.78 is 5.77. The Labute approximate surface area is 135 Å². The smallest absolute Gasteiger partial charge is 0.244 e. The molecule has 6 heteroatoms. The van der Waals surface area contributed by atoms with E-state index in [1.165, 1.54) is 19.2 Å². The maximum Gasteiger partial charge on any atom is 0.244 e. The molecule has 0 aliphatic heterocycles. The van der Waals surface area contributed by atoms with Gasteiger partial charge < -0.3 is 15.0 Å². The molecule has 2 N–H and O–H groups in total. The molecule has 1 fully saturated rings. The molecule has 0 atom stereocenters. The van der Waals surface area contributed by atoms with Gasteiger partial charge in [0.15, 0.2) is 0 Å². The van der Waals surface area contributed by atoms with Gasteiger partial charge in [-0.1, -0.05) is 13.8 Å².